The van der Waals surface area contributed by atoms with Crippen LogP contribution in [0.25, 0.3) is 0 Å². The Morgan fingerprint density at radius 3 is 2.63 bits per heavy atom. The number of urea groups is 1. The molecule has 7 nitrogen and oxygen atoms in total. The van der Waals surface area contributed by atoms with Crippen LogP contribution in [0.2, 0.25) is 0 Å². The van der Waals surface area contributed by atoms with E-state index in [9.17, 15) is 14.4 Å². The van der Waals surface area contributed by atoms with Crippen molar-refractivity contribution in [2.24, 2.45) is 0 Å². The van der Waals surface area contributed by atoms with Crippen LogP contribution in [-0.4, -0.2) is 65.4 Å². The third-order valence-corrected chi connectivity index (χ3v) is 3.56. The molecule has 2 aliphatic heterocycles. The molecular weight excluding hydrogens is 248 g/mol. The molecule has 0 spiro atoms. The fraction of sp³-hybridized carbons (Fsp3) is 0.750. The Kier molecular flexibility index (Phi) is 3.49. The summed E-state index contributed by atoms with van der Waals surface area (Å²) in [6.07, 6.45) is 0. The lowest BCUT2D eigenvalue weighted by molar-refractivity contribution is -0.140. The van der Waals surface area contributed by atoms with E-state index in [-0.39, 0.29) is 24.4 Å². The Balaban J connectivity index is 2.03. The van der Waals surface area contributed by atoms with E-state index in [2.05, 4.69) is 10.6 Å². The van der Waals surface area contributed by atoms with Crippen LogP contribution in [0.15, 0.2) is 0 Å². The standard InChI is InChI=1S/C12H20N4O3/c1-8-6-13-4-5-15(8)9(17)7-16-10(18)12(2,3)14-11(16)19/h8,13H,4-7H2,1-3H3,(H,14,19)/t8-/m1/s1. The second kappa shape index (κ2) is 4.80. The number of imide groups is 1. The molecule has 0 unspecified atom stereocenters. The first-order chi connectivity index (χ1) is 8.83. The third kappa shape index (κ3) is 2.56. The van der Waals surface area contributed by atoms with Gasteiger partial charge in [-0.05, 0) is 20.8 Å². The number of amides is 4. The van der Waals surface area contributed by atoms with Crippen molar-refractivity contribution in [1.82, 2.24) is 20.4 Å². The zero-order valence-corrected chi connectivity index (χ0v) is 11.5. The molecule has 0 aromatic rings. The largest absolute Gasteiger partial charge is 0.336 e. The van der Waals surface area contributed by atoms with Gasteiger partial charge in [0.25, 0.3) is 5.91 Å². The summed E-state index contributed by atoms with van der Waals surface area (Å²) in [6, 6.07) is -0.416. The summed E-state index contributed by atoms with van der Waals surface area (Å²) in [5.74, 6) is -0.538. The molecule has 4 amide bonds. The lowest BCUT2D eigenvalue weighted by atomic mass is 10.1. The number of carbonyl (C=O) groups is 3. The fourth-order valence-corrected chi connectivity index (χ4v) is 2.40. The van der Waals surface area contributed by atoms with Crippen molar-refractivity contribution < 1.29 is 14.4 Å². The minimum absolute atomic E-state index is 0.0787. The van der Waals surface area contributed by atoms with Gasteiger partial charge in [-0.2, -0.15) is 0 Å². The maximum Gasteiger partial charge on any atom is 0.325 e. The average Bonchev–Trinajstić information content (AvgIpc) is 2.52. The van der Waals surface area contributed by atoms with Crippen molar-refractivity contribution in [2.75, 3.05) is 26.2 Å². The zero-order valence-electron chi connectivity index (χ0n) is 11.5. The van der Waals surface area contributed by atoms with E-state index in [1.165, 1.54) is 0 Å². The van der Waals surface area contributed by atoms with E-state index in [0.29, 0.717) is 6.54 Å². The summed E-state index contributed by atoms with van der Waals surface area (Å²) in [4.78, 5) is 38.6. The SMILES string of the molecule is C[C@@H]1CNCCN1C(=O)CN1C(=O)NC(C)(C)C1=O. The molecule has 7 heteroatoms. The summed E-state index contributed by atoms with van der Waals surface area (Å²) in [7, 11) is 0. The smallest absolute Gasteiger partial charge is 0.325 e. The Morgan fingerprint density at radius 2 is 2.11 bits per heavy atom. The minimum atomic E-state index is -0.924. The predicted molar refractivity (Wildman–Crippen MR) is 68.4 cm³/mol. The number of hydrogen-bond acceptors (Lipinski definition) is 4. The van der Waals surface area contributed by atoms with Crippen LogP contribution in [-0.2, 0) is 9.59 Å². The molecule has 2 saturated heterocycles. The molecular formula is C12H20N4O3. The molecule has 0 aromatic heterocycles. The Labute approximate surface area is 112 Å². The predicted octanol–water partition coefficient (Wildman–Crippen LogP) is -0.863. The van der Waals surface area contributed by atoms with Gasteiger partial charge < -0.3 is 15.5 Å². The van der Waals surface area contributed by atoms with E-state index < -0.39 is 11.6 Å². The molecule has 0 bridgehead atoms. The van der Waals surface area contributed by atoms with Gasteiger partial charge >= 0.3 is 6.03 Å². The first-order valence-corrected chi connectivity index (χ1v) is 6.47. The van der Waals surface area contributed by atoms with Crippen molar-refractivity contribution >= 4 is 17.8 Å². The molecule has 2 fully saturated rings. The highest BCUT2D eigenvalue weighted by Gasteiger charge is 2.45. The molecule has 0 aromatic carbocycles. The third-order valence-electron chi connectivity index (χ3n) is 3.56. The monoisotopic (exact) mass is 268 g/mol. The van der Waals surface area contributed by atoms with Crippen molar-refractivity contribution in [1.29, 1.82) is 0 Å². The summed E-state index contributed by atoms with van der Waals surface area (Å²) in [5.41, 5.74) is -0.924. The van der Waals surface area contributed by atoms with E-state index in [1.54, 1.807) is 18.7 Å². The molecule has 0 aliphatic carbocycles. The average molecular weight is 268 g/mol. The molecule has 2 rings (SSSR count). The Hall–Kier alpha value is -1.63. The van der Waals surface area contributed by atoms with Crippen molar-refractivity contribution in [3.05, 3.63) is 0 Å². The van der Waals surface area contributed by atoms with E-state index in [1.807, 2.05) is 6.92 Å². The van der Waals surface area contributed by atoms with Crippen LogP contribution in [0.5, 0.6) is 0 Å². The Bertz CT molecular complexity index is 421. The minimum Gasteiger partial charge on any atom is -0.336 e. The molecule has 19 heavy (non-hydrogen) atoms. The topological polar surface area (TPSA) is 81.8 Å². The van der Waals surface area contributed by atoms with E-state index >= 15 is 0 Å². The van der Waals surface area contributed by atoms with Gasteiger partial charge in [-0.1, -0.05) is 0 Å². The lowest BCUT2D eigenvalue weighted by Crippen LogP contribution is -2.55. The maximum atomic E-state index is 12.2. The highest BCUT2D eigenvalue weighted by atomic mass is 16.2. The summed E-state index contributed by atoms with van der Waals surface area (Å²) in [5, 5.41) is 5.76. The van der Waals surface area contributed by atoms with Crippen LogP contribution in [0.4, 0.5) is 4.79 Å². The summed E-state index contributed by atoms with van der Waals surface area (Å²) in [6.45, 7) is 7.10. The molecule has 0 saturated carbocycles. The fourth-order valence-electron chi connectivity index (χ4n) is 2.40. The van der Waals surface area contributed by atoms with Crippen molar-refractivity contribution in [3.8, 4) is 0 Å². The first kappa shape index (κ1) is 13.8. The van der Waals surface area contributed by atoms with Gasteiger partial charge in [-0.3, -0.25) is 14.5 Å². The van der Waals surface area contributed by atoms with E-state index in [4.69, 9.17) is 0 Å². The molecule has 106 valence electrons. The molecule has 2 heterocycles. The molecule has 2 N–H and O–H groups in total. The number of nitrogens with zero attached hydrogens (tertiary/aromatic N) is 2. The van der Waals surface area contributed by atoms with Gasteiger partial charge in [0.1, 0.15) is 12.1 Å². The van der Waals surface area contributed by atoms with E-state index in [0.717, 1.165) is 18.0 Å². The molecule has 2 aliphatic rings. The number of hydrogen-bond donors (Lipinski definition) is 2. The van der Waals surface area contributed by atoms with Crippen molar-refractivity contribution in [3.63, 3.8) is 0 Å². The second-order valence-electron chi connectivity index (χ2n) is 5.59. The lowest BCUT2D eigenvalue weighted by Gasteiger charge is -2.34. The Morgan fingerprint density at radius 1 is 1.42 bits per heavy atom. The van der Waals surface area contributed by atoms with Crippen LogP contribution in [0, 0.1) is 0 Å². The highest BCUT2D eigenvalue weighted by Crippen LogP contribution is 2.17. The molecule has 0 radical (unpaired) electrons. The number of carbonyl (C=O) groups excluding carboxylic acids is 3. The van der Waals surface area contributed by atoms with Gasteiger partial charge in [-0.25, -0.2) is 4.79 Å². The van der Waals surface area contributed by atoms with Crippen LogP contribution in [0.1, 0.15) is 20.8 Å². The second-order valence-corrected chi connectivity index (χ2v) is 5.59. The normalized spacial score (nSPS) is 26.6. The van der Waals surface area contributed by atoms with Gasteiger partial charge in [-0.15, -0.1) is 0 Å². The summed E-state index contributed by atoms with van der Waals surface area (Å²) >= 11 is 0. The number of rotatable bonds is 2. The zero-order chi connectivity index (χ0) is 14.2. The maximum absolute atomic E-state index is 12.2. The van der Waals surface area contributed by atoms with Crippen LogP contribution < -0.4 is 10.6 Å². The summed E-state index contributed by atoms with van der Waals surface area (Å²) < 4.78 is 0. The van der Waals surface area contributed by atoms with Crippen molar-refractivity contribution in [2.45, 2.75) is 32.4 Å². The van der Waals surface area contributed by atoms with Crippen LogP contribution >= 0.6 is 0 Å². The highest BCUT2D eigenvalue weighted by molar-refractivity contribution is 6.08. The number of nitrogens with one attached hydrogen (secondary N) is 2. The van der Waals surface area contributed by atoms with Gasteiger partial charge in [0.2, 0.25) is 5.91 Å². The number of piperazine rings is 1. The molecule has 1 atom stereocenters. The van der Waals surface area contributed by atoms with Gasteiger partial charge in [0.15, 0.2) is 0 Å². The van der Waals surface area contributed by atoms with Gasteiger partial charge in [0, 0.05) is 25.7 Å². The quantitative estimate of drug-likeness (QED) is 0.638. The first-order valence-electron chi connectivity index (χ1n) is 6.47. The van der Waals surface area contributed by atoms with Gasteiger partial charge in [0.05, 0.1) is 0 Å². The van der Waals surface area contributed by atoms with Crippen LogP contribution in [0.3, 0.4) is 0 Å².